The second kappa shape index (κ2) is 6.68. The number of aryl methyl sites for hydroxylation is 1. The molecule has 2 N–H and O–H groups in total. The second-order valence-electron chi connectivity index (χ2n) is 5.42. The summed E-state index contributed by atoms with van der Waals surface area (Å²) in [6.07, 6.45) is 0. The maximum Gasteiger partial charge on any atom is 0.255 e. The molecule has 0 aliphatic rings. The molecule has 0 spiro atoms. The van der Waals surface area contributed by atoms with Crippen LogP contribution in [-0.4, -0.2) is 11.0 Å². The number of aliphatic hydroxyl groups is 1. The van der Waals surface area contributed by atoms with Gasteiger partial charge in [-0.05, 0) is 48.9 Å². The number of halogens is 1. The molecule has 2 aromatic carbocycles. The van der Waals surface area contributed by atoms with Crippen LogP contribution in [0.15, 0.2) is 59.0 Å². The van der Waals surface area contributed by atoms with E-state index in [4.69, 9.17) is 9.52 Å². The van der Waals surface area contributed by atoms with E-state index in [0.29, 0.717) is 17.2 Å². The first kappa shape index (κ1) is 16.0. The van der Waals surface area contributed by atoms with Crippen LogP contribution in [0.1, 0.15) is 21.7 Å². The van der Waals surface area contributed by atoms with Crippen LogP contribution in [0.2, 0.25) is 0 Å². The van der Waals surface area contributed by atoms with E-state index in [1.807, 2.05) is 19.1 Å². The third kappa shape index (κ3) is 3.36. The first-order chi connectivity index (χ1) is 11.6. The van der Waals surface area contributed by atoms with Crippen LogP contribution in [0, 0.1) is 12.7 Å². The lowest BCUT2D eigenvalue weighted by Gasteiger charge is -2.10. The molecule has 0 saturated carbocycles. The summed E-state index contributed by atoms with van der Waals surface area (Å²) in [4.78, 5) is 12.3. The Bertz CT molecular complexity index is 886. The molecule has 1 aromatic heterocycles. The van der Waals surface area contributed by atoms with Crippen molar-refractivity contribution in [2.45, 2.75) is 13.5 Å². The fourth-order valence-corrected chi connectivity index (χ4v) is 2.35. The average Bonchev–Trinajstić information content (AvgIpc) is 3.06. The molecule has 3 aromatic rings. The first-order valence-corrected chi connectivity index (χ1v) is 7.44. The van der Waals surface area contributed by atoms with Crippen molar-refractivity contribution in [3.05, 3.63) is 77.3 Å². The Morgan fingerprint density at radius 2 is 2.00 bits per heavy atom. The number of anilines is 1. The van der Waals surface area contributed by atoms with Crippen molar-refractivity contribution in [2.24, 2.45) is 0 Å². The molecule has 1 heterocycles. The fraction of sp³-hybridized carbons (Fsp3) is 0.105. The highest BCUT2D eigenvalue weighted by Gasteiger charge is 2.11. The molecule has 1 amide bonds. The molecule has 0 aliphatic carbocycles. The molecule has 0 saturated heterocycles. The molecule has 0 radical (unpaired) electrons. The van der Waals surface area contributed by atoms with E-state index in [9.17, 15) is 9.18 Å². The Balaban J connectivity index is 1.87. The summed E-state index contributed by atoms with van der Waals surface area (Å²) in [7, 11) is 0. The summed E-state index contributed by atoms with van der Waals surface area (Å²) in [5, 5.41) is 11.9. The normalized spacial score (nSPS) is 10.6. The van der Waals surface area contributed by atoms with Gasteiger partial charge in [0, 0.05) is 16.8 Å². The van der Waals surface area contributed by atoms with Gasteiger partial charge in [-0.1, -0.05) is 18.2 Å². The van der Waals surface area contributed by atoms with Gasteiger partial charge in [0.1, 0.15) is 23.9 Å². The zero-order valence-corrected chi connectivity index (χ0v) is 13.0. The highest BCUT2D eigenvalue weighted by molar-refractivity contribution is 6.04. The third-order valence-electron chi connectivity index (χ3n) is 3.67. The molecule has 4 nitrogen and oxygen atoms in total. The maximum atomic E-state index is 13.3. The van der Waals surface area contributed by atoms with E-state index < -0.39 is 5.82 Å². The van der Waals surface area contributed by atoms with Gasteiger partial charge in [0.05, 0.1) is 0 Å². The number of aliphatic hydroxyl groups excluding tert-OH is 1. The Labute approximate surface area is 138 Å². The lowest BCUT2D eigenvalue weighted by Crippen LogP contribution is -2.13. The van der Waals surface area contributed by atoms with Crippen LogP contribution in [0.3, 0.4) is 0 Å². The molecule has 0 atom stereocenters. The number of benzene rings is 2. The SMILES string of the molecule is Cc1ccc(-c2ccc(CO)o2)cc1NC(=O)c1cccc(F)c1. The van der Waals surface area contributed by atoms with Gasteiger partial charge in [-0.15, -0.1) is 0 Å². The van der Waals surface area contributed by atoms with Gasteiger partial charge in [-0.25, -0.2) is 4.39 Å². The summed E-state index contributed by atoms with van der Waals surface area (Å²) in [5.74, 6) is 0.224. The zero-order valence-electron chi connectivity index (χ0n) is 13.0. The summed E-state index contributed by atoms with van der Waals surface area (Å²) < 4.78 is 18.8. The van der Waals surface area contributed by atoms with E-state index in [1.165, 1.54) is 18.2 Å². The largest absolute Gasteiger partial charge is 0.459 e. The van der Waals surface area contributed by atoms with Crippen LogP contribution in [0.5, 0.6) is 0 Å². The number of hydrogen-bond donors (Lipinski definition) is 2. The van der Waals surface area contributed by atoms with Crippen molar-refractivity contribution < 1.29 is 18.7 Å². The number of carbonyl (C=O) groups excluding carboxylic acids is 1. The summed E-state index contributed by atoms with van der Waals surface area (Å²) in [6.45, 7) is 1.70. The molecule has 5 heteroatoms. The Morgan fingerprint density at radius 1 is 1.17 bits per heavy atom. The maximum absolute atomic E-state index is 13.3. The number of rotatable bonds is 4. The van der Waals surface area contributed by atoms with Crippen molar-refractivity contribution in [1.82, 2.24) is 0 Å². The number of carbonyl (C=O) groups is 1. The average molecular weight is 325 g/mol. The smallest absolute Gasteiger partial charge is 0.255 e. The number of amides is 1. The highest BCUT2D eigenvalue weighted by atomic mass is 19.1. The summed E-state index contributed by atoms with van der Waals surface area (Å²) in [5.41, 5.74) is 2.51. The number of hydrogen-bond acceptors (Lipinski definition) is 3. The Morgan fingerprint density at radius 3 is 2.71 bits per heavy atom. The fourth-order valence-electron chi connectivity index (χ4n) is 2.35. The van der Waals surface area contributed by atoms with Crippen LogP contribution >= 0.6 is 0 Å². The van der Waals surface area contributed by atoms with Gasteiger partial charge in [0.15, 0.2) is 0 Å². The van der Waals surface area contributed by atoms with Crippen LogP contribution in [0.25, 0.3) is 11.3 Å². The van der Waals surface area contributed by atoms with Crippen LogP contribution in [0.4, 0.5) is 10.1 Å². The predicted molar refractivity (Wildman–Crippen MR) is 89.2 cm³/mol. The van der Waals surface area contributed by atoms with E-state index in [0.717, 1.165) is 11.1 Å². The van der Waals surface area contributed by atoms with Gasteiger partial charge in [0.2, 0.25) is 0 Å². The van der Waals surface area contributed by atoms with Crippen molar-refractivity contribution in [1.29, 1.82) is 0 Å². The standard InChI is InChI=1S/C19H16FNO3/c1-12-5-6-13(18-8-7-16(11-22)24-18)10-17(12)21-19(23)14-3-2-4-15(20)9-14/h2-10,22H,11H2,1H3,(H,21,23). The van der Waals surface area contributed by atoms with Crippen molar-refractivity contribution in [2.75, 3.05) is 5.32 Å². The van der Waals surface area contributed by atoms with Crippen LogP contribution in [-0.2, 0) is 6.61 Å². The minimum Gasteiger partial charge on any atom is -0.459 e. The summed E-state index contributed by atoms with van der Waals surface area (Å²) in [6, 6.07) is 14.5. The van der Waals surface area contributed by atoms with E-state index in [1.54, 1.807) is 24.3 Å². The topological polar surface area (TPSA) is 62.5 Å². The Hall–Kier alpha value is -2.92. The lowest BCUT2D eigenvalue weighted by atomic mass is 10.1. The molecular weight excluding hydrogens is 309 g/mol. The molecule has 0 unspecified atom stereocenters. The second-order valence-corrected chi connectivity index (χ2v) is 5.42. The molecule has 122 valence electrons. The van der Waals surface area contributed by atoms with E-state index in [-0.39, 0.29) is 18.1 Å². The van der Waals surface area contributed by atoms with Crippen molar-refractivity contribution in [3.8, 4) is 11.3 Å². The monoisotopic (exact) mass is 325 g/mol. The number of furan rings is 1. The zero-order chi connectivity index (χ0) is 17.1. The predicted octanol–water partition coefficient (Wildman–Crippen LogP) is 4.14. The molecule has 24 heavy (non-hydrogen) atoms. The third-order valence-corrected chi connectivity index (χ3v) is 3.67. The molecule has 0 fully saturated rings. The molecule has 0 bridgehead atoms. The minimum absolute atomic E-state index is 0.172. The quantitative estimate of drug-likeness (QED) is 0.758. The Kier molecular flexibility index (Phi) is 4.44. The van der Waals surface area contributed by atoms with E-state index >= 15 is 0 Å². The van der Waals surface area contributed by atoms with Gasteiger partial charge in [-0.2, -0.15) is 0 Å². The molecule has 0 aliphatic heterocycles. The van der Waals surface area contributed by atoms with Crippen molar-refractivity contribution in [3.63, 3.8) is 0 Å². The van der Waals surface area contributed by atoms with Gasteiger partial charge >= 0.3 is 0 Å². The van der Waals surface area contributed by atoms with Gasteiger partial charge < -0.3 is 14.8 Å². The lowest BCUT2D eigenvalue weighted by molar-refractivity contribution is 0.102. The molecule has 3 rings (SSSR count). The highest BCUT2D eigenvalue weighted by Crippen LogP contribution is 2.27. The van der Waals surface area contributed by atoms with Crippen molar-refractivity contribution >= 4 is 11.6 Å². The van der Waals surface area contributed by atoms with Gasteiger partial charge in [0.25, 0.3) is 5.91 Å². The minimum atomic E-state index is -0.458. The summed E-state index contributed by atoms with van der Waals surface area (Å²) >= 11 is 0. The van der Waals surface area contributed by atoms with E-state index in [2.05, 4.69) is 5.32 Å². The van der Waals surface area contributed by atoms with Crippen LogP contribution < -0.4 is 5.32 Å². The number of nitrogens with one attached hydrogen (secondary N) is 1. The van der Waals surface area contributed by atoms with Gasteiger partial charge in [-0.3, -0.25) is 4.79 Å². The molecular formula is C19H16FNO3. The first-order valence-electron chi connectivity index (χ1n) is 7.44.